The lowest BCUT2D eigenvalue weighted by Gasteiger charge is -2.22. The third-order valence-corrected chi connectivity index (χ3v) is 2.99. The van der Waals surface area contributed by atoms with Crippen LogP contribution in [0.15, 0.2) is 0 Å². The van der Waals surface area contributed by atoms with Crippen molar-refractivity contribution in [3.05, 3.63) is 0 Å². The van der Waals surface area contributed by atoms with Crippen LogP contribution in [0.1, 0.15) is 19.3 Å². The summed E-state index contributed by atoms with van der Waals surface area (Å²) in [5, 5.41) is 8.90. The van der Waals surface area contributed by atoms with Crippen molar-refractivity contribution in [2.75, 3.05) is 40.0 Å². The van der Waals surface area contributed by atoms with E-state index in [2.05, 4.69) is 0 Å². The molecule has 0 atom stereocenters. The van der Waals surface area contributed by atoms with E-state index in [1.165, 1.54) is 12.0 Å². The molecule has 7 nitrogen and oxygen atoms in total. The number of aliphatic hydroxyl groups excluding tert-OH is 1. The summed E-state index contributed by atoms with van der Waals surface area (Å²) in [6, 6.07) is 0. The van der Waals surface area contributed by atoms with E-state index in [1.807, 2.05) is 0 Å². The highest BCUT2D eigenvalue weighted by Gasteiger charge is 2.29. The second-order valence-corrected chi connectivity index (χ2v) is 4.29. The molecule has 1 aliphatic heterocycles. The van der Waals surface area contributed by atoms with Crippen LogP contribution in [0.2, 0.25) is 0 Å². The van der Waals surface area contributed by atoms with Crippen LogP contribution in [0, 0.1) is 0 Å². The van der Waals surface area contributed by atoms with E-state index in [0.29, 0.717) is 13.2 Å². The number of nitrogens with zero attached hydrogens (tertiary/aromatic N) is 2. The molecule has 0 spiro atoms. The molecule has 1 aliphatic rings. The largest absolute Gasteiger partial charge is 0.395 e. The Morgan fingerprint density at radius 2 is 1.95 bits per heavy atom. The Hall–Kier alpha value is -1.47. The highest BCUT2D eigenvalue weighted by molar-refractivity contribution is 6.02. The van der Waals surface area contributed by atoms with Gasteiger partial charge in [0.15, 0.2) is 0 Å². The summed E-state index contributed by atoms with van der Waals surface area (Å²) in [6.45, 7) is 0.984. The van der Waals surface area contributed by atoms with Gasteiger partial charge in [0, 0.05) is 46.0 Å². The van der Waals surface area contributed by atoms with Crippen molar-refractivity contribution in [2.45, 2.75) is 19.3 Å². The first-order valence-electron chi connectivity index (χ1n) is 6.31. The molecule has 0 aliphatic carbocycles. The molecule has 1 heterocycles. The minimum Gasteiger partial charge on any atom is -0.395 e. The van der Waals surface area contributed by atoms with Gasteiger partial charge in [0.25, 0.3) is 0 Å². The maximum absolute atomic E-state index is 11.9. The number of amides is 3. The van der Waals surface area contributed by atoms with Gasteiger partial charge in [0.05, 0.1) is 13.2 Å². The van der Waals surface area contributed by atoms with Crippen LogP contribution in [0.5, 0.6) is 0 Å². The monoisotopic (exact) mass is 272 g/mol. The third-order valence-electron chi connectivity index (χ3n) is 2.99. The van der Waals surface area contributed by atoms with Gasteiger partial charge in [-0.15, -0.1) is 0 Å². The summed E-state index contributed by atoms with van der Waals surface area (Å²) in [6.07, 6.45) is 0.551. The Labute approximate surface area is 112 Å². The van der Waals surface area contributed by atoms with Crippen LogP contribution in [0.25, 0.3) is 0 Å². The van der Waals surface area contributed by atoms with E-state index in [-0.39, 0.29) is 56.7 Å². The van der Waals surface area contributed by atoms with E-state index < -0.39 is 0 Å². The smallest absolute Gasteiger partial charge is 0.229 e. The number of methoxy groups -OCH3 is 1. The van der Waals surface area contributed by atoms with Crippen LogP contribution in [-0.2, 0) is 19.1 Å². The van der Waals surface area contributed by atoms with E-state index in [0.717, 1.165) is 4.90 Å². The van der Waals surface area contributed by atoms with Gasteiger partial charge in [0.1, 0.15) is 0 Å². The van der Waals surface area contributed by atoms with Crippen molar-refractivity contribution >= 4 is 17.7 Å². The van der Waals surface area contributed by atoms with Crippen molar-refractivity contribution < 1.29 is 24.2 Å². The van der Waals surface area contributed by atoms with Crippen molar-refractivity contribution in [2.24, 2.45) is 0 Å². The number of hydrogen-bond acceptors (Lipinski definition) is 5. The number of hydrogen-bond donors (Lipinski definition) is 1. The maximum Gasteiger partial charge on any atom is 0.229 e. The first-order chi connectivity index (χ1) is 9.10. The van der Waals surface area contributed by atoms with Crippen molar-refractivity contribution in [3.63, 3.8) is 0 Å². The number of carbonyl (C=O) groups is 3. The number of rotatable bonds is 8. The fourth-order valence-corrected chi connectivity index (χ4v) is 1.92. The van der Waals surface area contributed by atoms with E-state index in [9.17, 15) is 14.4 Å². The Balaban J connectivity index is 2.42. The Morgan fingerprint density at radius 1 is 1.32 bits per heavy atom. The molecule has 0 aromatic heterocycles. The molecule has 1 fully saturated rings. The molecule has 3 amide bonds. The van der Waals surface area contributed by atoms with E-state index in [1.54, 1.807) is 0 Å². The second-order valence-electron chi connectivity index (χ2n) is 4.29. The number of likely N-dealkylation sites (tertiary alicyclic amines) is 1. The zero-order valence-corrected chi connectivity index (χ0v) is 11.1. The molecule has 19 heavy (non-hydrogen) atoms. The van der Waals surface area contributed by atoms with Crippen molar-refractivity contribution in [1.29, 1.82) is 0 Å². The molecule has 0 radical (unpaired) electrons. The van der Waals surface area contributed by atoms with Crippen LogP contribution in [0.4, 0.5) is 0 Å². The number of ether oxygens (including phenoxy) is 1. The molecule has 1 rings (SSSR count). The Bertz CT molecular complexity index is 329. The summed E-state index contributed by atoms with van der Waals surface area (Å²) >= 11 is 0. The lowest BCUT2D eigenvalue weighted by Crippen LogP contribution is -2.39. The molecular weight excluding hydrogens is 252 g/mol. The molecule has 0 aromatic carbocycles. The van der Waals surface area contributed by atoms with E-state index in [4.69, 9.17) is 9.84 Å². The van der Waals surface area contributed by atoms with Gasteiger partial charge in [-0.2, -0.15) is 0 Å². The zero-order valence-electron chi connectivity index (χ0n) is 11.1. The normalized spacial score (nSPS) is 15.2. The van der Waals surface area contributed by atoms with Gasteiger partial charge < -0.3 is 14.7 Å². The maximum atomic E-state index is 11.9. The molecule has 1 saturated heterocycles. The lowest BCUT2D eigenvalue weighted by atomic mass is 10.3. The highest BCUT2D eigenvalue weighted by Crippen LogP contribution is 2.12. The first kappa shape index (κ1) is 15.6. The Morgan fingerprint density at radius 3 is 2.47 bits per heavy atom. The van der Waals surface area contributed by atoms with Gasteiger partial charge >= 0.3 is 0 Å². The molecule has 0 bridgehead atoms. The molecule has 1 N–H and O–H groups in total. The van der Waals surface area contributed by atoms with Crippen LogP contribution >= 0.6 is 0 Å². The standard InChI is InChI=1S/C12H20N2O5/c1-19-9-7-13(6-8-15)10(16)4-5-14-11(17)2-3-12(14)18/h15H,2-9H2,1H3. The average molecular weight is 272 g/mol. The molecule has 0 unspecified atom stereocenters. The van der Waals surface area contributed by atoms with Crippen molar-refractivity contribution in [3.8, 4) is 0 Å². The van der Waals surface area contributed by atoms with Gasteiger partial charge in [0.2, 0.25) is 17.7 Å². The first-order valence-corrected chi connectivity index (χ1v) is 6.31. The molecule has 7 heteroatoms. The summed E-state index contributed by atoms with van der Waals surface area (Å²) in [4.78, 5) is 37.3. The quantitative estimate of drug-likeness (QED) is 0.572. The third kappa shape index (κ3) is 4.60. The van der Waals surface area contributed by atoms with Gasteiger partial charge in [-0.25, -0.2) is 0 Å². The lowest BCUT2D eigenvalue weighted by molar-refractivity contribution is -0.139. The van der Waals surface area contributed by atoms with Gasteiger partial charge in [-0.1, -0.05) is 0 Å². The summed E-state index contributed by atoms with van der Waals surface area (Å²) in [5.41, 5.74) is 0. The number of carbonyl (C=O) groups excluding carboxylic acids is 3. The molecule has 108 valence electrons. The average Bonchev–Trinajstić information content (AvgIpc) is 2.71. The van der Waals surface area contributed by atoms with Gasteiger partial charge in [-0.05, 0) is 0 Å². The topological polar surface area (TPSA) is 87.2 Å². The summed E-state index contributed by atoms with van der Waals surface area (Å²) in [7, 11) is 1.53. The van der Waals surface area contributed by atoms with Gasteiger partial charge in [-0.3, -0.25) is 19.3 Å². The minimum absolute atomic E-state index is 0.0845. The highest BCUT2D eigenvalue weighted by atomic mass is 16.5. The van der Waals surface area contributed by atoms with Crippen LogP contribution < -0.4 is 0 Å². The Kier molecular flexibility index (Phi) is 6.44. The SMILES string of the molecule is COCCN(CCO)C(=O)CCN1C(=O)CCC1=O. The van der Waals surface area contributed by atoms with Crippen LogP contribution in [-0.4, -0.2) is 72.6 Å². The zero-order chi connectivity index (χ0) is 14.3. The molecular formula is C12H20N2O5. The number of aliphatic hydroxyl groups is 1. The predicted octanol–water partition coefficient (Wildman–Crippen LogP) is -1.01. The number of imide groups is 1. The summed E-state index contributed by atoms with van der Waals surface area (Å²) < 4.78 is 4.89. The minimum atomic E-state index is -0.219. The van der Waals surface area contributed by atoms with Crippen molar-refractivity contribution in [1.82, 2.24) is 9.80 Å². The fourth-order valence-electron chi connectivity index (χ4n) is 1.92. The van der Waals surface area contributed by atoms with Crippen LogP contribution in [0.3, 0.4) is 0 Å². The fraction of sp³-hybridized carbons (Fsp3) is 0.750. The van der Waals surface area contributed by atoms with E-state index >= 15 is 0 Å². The summed E-state index contributed by atoms with van der Waals surface area (Å²) in [5.74, 6) is -0.634. The molecule has 0 saturated carbocycles. The molecule has 0 aromatic rings. The predicted molar refractivity (Wildman–Crippen MR) is 66.1 cm³/mol. The second kappa shape index (κ2) is 7.85.